The molecule has 2 atom stereocenters. The Labute approximate surface area is 151 Å². The molecular formula is C20H22N2O4. The third kappa shape index (κ3) is 2.87. The van der Waals surface area contributed by atoms with E-state index in [2.05, 4.69) is 0 Å². The number of nitrogens with two attached hydrogens (primary N) is 1. The van der Waals surface area contributed by atoms with Crippen molar-refractivity contribution in [1.82, 2.24) is 4.90 Å². The van der Waals surface area contributed by atoms with Crippen LogP contribution < -0.4 is 5.73 Å². The van der Waals surface area contributed by atoms with Crippen LogP contribution in [-0.2, 0) is 15.1 Å². The molecule has 0 amide bonds. The van der Waals surface area contributed by atoms with Gasteiger partial charge in [0.05, 0.1) is 5.54 Å². The van der Waals surface area contributed by atoms with Gasteiger partial charge in [-0.15, -0.1) is 0 Å². The average Bonchev–Trinajstić information content (AvgIpc) is 3.03. The molecule has 0 radical (unpaired) electrons. The maximum atomic E-state index is 11.9. The van der Waals surface area contributed by atoms with Gasteiger partial charge in [0.2, 0.25) is 0 Å². The quantitative estimate of drug-likeness (QED) is 0.757. The summed E-state index contributed by atoms with van der Waals surface area (Å²) < 4.78 is 0. The van der Waals surface area contributed by atoms with Gasteiger partial charge in [-0.2, -0.15) is 0 Å². The molecule has 0 aromatic heterocycles. The van der Waals surface area contributed by atoms with Crippen molar-refractivity contribution < 1.29 is 19.8 Å². The first kappa shape index (κ1) is 18.1. The molecular weight excluding hydrogens is 332 g/mol. The van der Waals surface area contributed by atoms with Gasteiger partial charge in [0.15, 0.2) is 0 Å². The van der Waals surface area contributed by atoms with Crippen molar-refractivity contribution >= 4 is 11.9 Å². The number of hydrogen-bond donors (Lipinski definition) is 3. The Morgan fingerprint density at radius 3 is 1.88 bits per heavy atom. The van der Waals surface area contributed by atoms with Crippen molar-refractivity contribution in [2.75, 3.05) is 6.54 Å². The lowest BCUT2D eigenvalue weighted by Gasteiger charge is -2.42. The molecule has 2 unspecified atom stereocenters. The highest BCUT2D eigenvalue weighted by Gasteiger charge is 2.55. The van der Waals surface area contributed by atoms with Crippen LogP contribution in [0, 0.1) is 0 Å². The number of benzene rings is 2. The summed E-state index contributed by atoms with van der Waals surface area (Å²) >= 11 is 0. The standard InChI is InChI=1S/C20H22N2O4/c1-19(14-8-4-2-5-9-14,15-10-6-3-7-11-15)22-13-20(21,18(25)26)12-16(22)17(23)24/h2-11,16H,12-13,21H2,1H3,(H,23,24)(H,25,26). The lowest BCUT2D eigenvalue weighted by atomic mass is 9.82. The van der Waals surface area contributed by atoms with Crippen LogP contribution in [0.5, 0.6) is 0 Å². The number of carboxylic acid groups (broad SMARTS) is 2. The number of nitrogens with zero attached hydrogens (tertiary/aromatic N) is 1. The Balaban J connectivity index is 2.18. The van der Waals surface area contributed by atoms with Crippen LogP contribution in [-0.4, -0.2) is 45.2 Å². The second-order valence-electron chi connectivity index (χ2n) is 6.95. The highest BCUT2D eigenvalue weighted by molar-refractivity contribution is 5.83. The molecule has 2 aromatic carbocycles. The van der Waals surface area contributed by atoms with E-state index in [-0.39, 0.29) is 13.0 Å². The monoisotopic (exact) mass is 354 g/mol. The second-order valence-corrected chi connectivity index (χ2v) is 6.95. The fourth-order valence-corrected chi connectivity index (χ4v) is 3.80. The highest BCUT2D eigenvalue weighted by atomic mass is 16.4. The van der Waals surface area contributed by atoms with E-state index in [9.17, 15) is 19.8 Å². The zero-order valence-corrected chi connectivity index (χ0v) is 14.5. The number of likely N-dealkylation sites (tertiary alicyclic amines) is 1. The Hall–Kier alpha value is -2.70. The fraction of sp³-hybridized carbons (Fsp3) is 0.300. The van der Waals surface area contributed by atoms with Crippen LogP contribution in [0.2, 0.25) is 0 Å². The molecule has 1 aliphatic heterocycles. The van der Waals surface area contributed by atoms with Gasteiger partial charge in [0.25, 0.3) is 0 Å². The third-order valence-electron chi connectivity index (χ3n) is 5.34. The van der Waals surface area contributed by atoms with Gasteiger partial charge in [0.1, 0.15) is 11.6 Å². The van der Waals surface area contributed by atoms with E-state index in [1.807, 2.05) is 67.6 Å². The lowest BCUT2D eigenvalue weighted by Crippen LogP contribution is -2.54. The van der Waals surface area contributed by atoms with Crippen LogP contribution >= 0.6 is 0 Å². The van der Waals surface area contributed by atoms with Crippen LogP contribution in [0.15, 0.2) is 60.7 Å². The second kappa shape index (κ2) is 6.55. The van der Waals surface area contributed by atoms with E-state index in [1.54, 1.807) is 4.90 Å². The van der Waals surface area contributed by atoms with Gasteiger partial charge >= 0.3 is 11.9 Å². The van der Waals surface area contributed by atoms with Crippen LogP contribution in [0.25, 0.3) is 0 Å². The molecule has 6 nitrogen and oxygen atoms in total. The topological polar surface area (TPSA) is 104 Å². The minimum atomic E-state index is -1.60. The predicted molar refractivity (Wildman–Crippen MR) is 96.6 cm³/mol. The molecule has 1 heterocycles. The van der Waals surface area contributed by atoms with Gasteiger partial charge in [-0.25, -0.2) is 0 Å². The molecule has 0 aliphatic carbocycles. The number of hydrogen-bond acceptors (Lipinski definition) is 4. The van der Waals surface area contributed by atoms with Crippen LogP contribution in [0.1, 0.15) is 24.5 Å². The molecule has 26 heavy (non-hydrogen) atoms. The average molecular weight is 354 g/mol. The van der Waals surface area contributed by atoms with Crippen LogP contribution in [0.3, 0.4) is 0 Å². The summed E-state index contributed by atoms with van der Waals surface area (Å²) in [5.41, 5.74) is 5.40. The summed E-state index contributed by atoms with van der Waals surface area (Å²) in [6, 6.07) is 18.0. The lowest BCUT2D eigenvalue weighted by molar-refractivity contribution is -0.144. The van der Waals surface area contributed by atoms with E-state index in [1.165, 1.54) is 0 Å². The number of rotatable bonds is 5. The van der Waals surface area contributed by atoms with Crippen molar-refractivity contribution in [3.63, 3.8) is 0 Å². The summed E-state index contributed by atoms with van der Waals surface area (Å²) in [5.74, 6) is -2.26. The van der Waals surface area contributed by atoms with E-state index >= 15 is 0 Å². The summed E-state index contributed by atoms with van der Waals surface area (Å²) in [5, 5.41) is 19.3. The van der Waals surface area contributed by atoms with E-state index in [0.717, 1.165) is 11.1 Å². The normalized spacial score (nSPS) is 23.7. The third-order valence-corrected chi connectivity index (χ3v) is 5.34. The molecule has 2 aromatic rings. The van der Waals surface area contributed by atoms with Crippen molar-refractivity contribution in [3.8, 4) is 0 Å². The summed E-state index contributed by atoms with van der Waals surface area (Å²) in [4.78, 5) is 25.3. The first-order valence-corrected chi connectivity index (χ1v) is 8.42. The van der Waals surface area contributed by atoms with E-state index in [4.69, 9.17) is 5.73 Å². The Bertz CT molecular complexity index is 770. The zero-order chi connectivity index (χ0) is 18.9. The Morgan fingerprint density at radius 2 is 1.50 bits per heavy atom. The number of carboxylic acids is 2. The van der Waals surface area contributed by atoms with Gasteiger partial charge < -0.3 is 15.9 Å². The molecule has 0 spiro atoms. The fourth-order valence-electron chi connectivity index (χ4n) is 3.80. The molecule has 1 fully saturated rings. The molecule has 1 saturated heterocycles. The predicted octanol–water partition coefficient (Wildman–Crippen LogP) is 1.89. The van der Waals surface area contributed by atoms with Gasteiger partial charge in [0, 0.05) is 13.0 Å². The maximum Gasteiger partial charge on any atom is 0.325 e. The van der Waals surface area contributed by atoms with E-state index < -0.39 is 29.1 Å². The minimum Gasteiger partial charge on any atom is -0.480 e. The number of carbonyl (C=O) groups is 2. The molecule has 0 saturated carbocycles. The zero-order valence-electron chi connectivity index (χ0n) is 14.5. The summed E-state index contributed by atoms with van der Waals surface area (Å²) in [6.07, 6.45) is -0.146. The van der Waals surface area contributed by atoms with Crippen molar-refractivity contribution in [2.45, 2.75) is 30.5 Å². The summed E-state index contributed by atoms with van der Waals surface area (Å²) in [7, 11) is 0. The molecule has 136 valence electrons. The minimum absolute atomic E-state index is 0.0560. The van der Waals surface area contributed by atoms with Crippen LogP contribution in [0.4, 0.5) is 0 Å². The van der Waals surface area contributed by atoms with E-state index in [0.29, 0.717) is 0 Å². The Morgan fingerprint density at radius 1 is 1.04 bits per heavy atom. The number of aliphatic carboxylic acids is 2. The Kier molecular flexibility index (Phi) is 4.56. The maximum absolute atomic E-state index is 11.9. The first-order valence-electron chi connectivity index (χ1n) is 8.42. The smallest absolute Gasteiger partial charge is 0.325 e. The van der Waals surface area contributed by atoms with Gasteiger partial charge in [-0.1, -0.05) is 60.7 Å². The molecule has 3 rings (SSSR count). The summed E-state index contributed by atoms with van der Waals surface area (Å²) in [6.45, 7) is 1.86. The molecule has 6 heteroatoms. The van der Waals surface area contributed by atoms with Crippen molar-refractivity contribution in [3.05, 3.63) is 71.8 Å². The SMILES string of the molecule is CC(c1ccccc1)(c1ccccc1)N1CC(N)(C(=O)O)CC1C(=O)O. The molecule has 1 aliphatic rings. The molecule has 0 bridgehead atoms. The van der Waals surface area contributed by atoms with Gasteiger partial charge in [-0.3, -0.25) is 14.5 Å². The van der Waals surface area contributed by atoms with Crippen molar-refractivity contribution in [1.29, 1.82) is 0 Å². The largest absolute Gasteiger partial charge is 0.480 e. The first-order chi connectivity index (χ1) is 12.3. The van der Waals surface area contributed by atoms with Crippen molar-refractivity contribution in [2.24, 2.45) is 5.73 Å². The molecule has 4 N–H and O–H groups in total. The van der Waals surface area contributed by atoms with Gasteiger partial charge in [-0.05, 0) is 18.1 Å². The highest BCUT2D eigenvalue weighted by Crippen LogP contribution is 2.42.